The average molecular weight is 317 g/mol. The molecule has 0 radical (unpaired) electrons. The Kier molecular flexibility index (Phi) is 4.49. The number of methoxy groups -OCH3 is 1. The average Bonchev–Trinajstić information content (AvgIpc) is 2.91. The minimum atomic E-state index is -0.618. The van der Waals surface area contributed by atoms with Crippen molar-refractivity contribution < 1.29 is 14.5 Å². The van der Waals surface area contributed by atoms with E-state index in [4.69, 9.17) is 4.74 Å². The van der Waals surface area contributed by atoms with Gasteiger partial charge in [-0.15, -0.1) is 0 Å². The van der Waals surface area contributed by atoms with E-state index in [0.29, 0.717) is 17.7 Å². The van der Waals surface area contributed by atoms with Gasteiger partial charge in [0.25, 0.3) is 5.69 Å². The molecule has 7 nitrogen and oxygen atoms in total. The van der Waals surface area contributed by atoms with E-state index in [0.717, 1.165) is 0 Å². The van der Waals surface area contributed by atoms with E-state index in [1.165, 1.54) is 19.2 Å². The second-order valence-corrected chi connectivity index (χ2v) is 6.47. The van der Waals surface area contributed by atoms with Crippen molar-refractivity contribution in [1.82, 2.24) is 9.78 Å². The van der Waals surface area contributed by atoms with Crippen LogP contribution in [0.3, 0.4) is 0 Å². The highest BCUT2D eigenvalue weighted by Crippen LogP contribution is 2.28. The first kappa shape index (κ1) is 16.7. The molecule has 0 fully saturated rings. The summed E-state index contributed by atoms with van der Waals surface area (Å²) in [5.74, 6) is -0.618. The Balaban J connectivity index is 2.46. The first-order valence-corrected chi connectivity index (χ1v) is 7.11. The predicted octanol–water partition coefficient (Wildman–Crippen LogP) is 3.29. The number of nitro benzene ring substituents is 1. The number of benzene rings is 1. The number of nitrogens with zero attached hydrogens (tertiary/aromatic N) is 3. The van der Waals surface area contributed by atoms with E-state index in [1.54, 1.807) is 16.9 Å². The molecule has 23 heavy (non-hydrogen) atoms. The van der Waals surface area contributed by atoms with Gasteiger partial charge in [0.15, 0.2) is 0 Å². The van der Waals surface area contributed by atoms with Crippen LogP contribution in [0.4, 0.5) is 5.69 Å². The van der Waals surface area contributed by atoms with Gasteiger partial charge in [0.05, 0.1) is 23.8 Å². The van der Waals surface area contributed by atoms with Crippen LogP contribution < -0.4 is 0 Å². The Bertz CT molecular complexity index is 744. The van der Waals surface area contributed by atoms with Crippen LogP contribution in [0.1, 0.15) is 31.1 Å². The molecule has 1 aromatic heterocycles. The molecule has 122 valence electrons. The smallest absolute Gasteiger partial charge is 0.338 e. The van der Waals surface area contributed by atoms with Gasteiger partial charge in [-0.25, -0.2) is 4.79 Å². The highest BCUT2D eigenvalue weighted by molar-refractivity contribution is 5.97. The fourth-order valence-corrected chi connectivity index (χ4v) is 2.25. The van der Waals surface area contributed by atoms with E-state index < -0.39 is 10.9 Å². The molecule has 0 unspecified atom stereocenters. The summed E-state index contributed by atoms with van der Waals surface area (Å²) < 4.78 is 6.52. The number of carbonyl (C=O) groups is 1. The quantitative estimate of drug-likeness (QED) is 0.490. The van der Waals surface area contributed by atoms with Crippen molar-refractivity contribution in [3.05, 3.63) is 46.3 Å². The minimum Gasteiger partial charge on any atom is -0.465 e. The summed E-state index contributed by atoms with van der Waals surface area (Å²) in [6.45, 7) is 7.01. The number of aromatic nitrogens is 2. The molecule has 0 aliphatic carbocycles. The number of esters is 1. The molecule has 0 saturated carbocycles. The van der Waals surface area contributed by atoms with E-state index in [-0.39, 0.29) is 16.7 Å². The third-order valence-electron chi connectivity index (χ3n) is 3.20. The first-order valence-electron chi connectivity index (χ1n) is 7.11. The second kappa shape index (κ2) is 6.20. The summed E-state index contributed by atoms with van der Waals surface area (Å²) in [5.41, 5.74) is 1.32. The van der Waals surface area contributed by atoms with Crippen LogP contribution in [0.15, 0.2) is 30.6 Å². The molecule has 7 heteroatoms. The number of carbonyl (C=O) groups excluding carboxylic acids is 1. The van der Waals surface area contributed by atoms with Gasteiger partial charge in [-0.1, -0.05) is 20.8 Å². The van der Waals surface area contributed by atoms with E-state index in [9.17, 15) is 14.9 Å². The summed E-state index contributed by atoms with van der Waals surface area (Å²) >= 11 is 0. The van der Waals surface area contributed by atoms with Crippen molar-refractivity contribution in [2.24, 2.45) is 5.41 Å². The number of hydrogen-bond donors (Lipinski definition) is 0. The maximum absolute atomic E-state index is 11.9. The molecular weight excluding hydrogens is 298 g/mol. The Hall–Kier alpha value is -2.70. The van der Waals surface area contributed by atoms with Gasteiger partial charge < -0.3 is 4.74 Å². The Morgan fingerprint density at radius 1 is 1.39 bits per heavy atom. The van der Waals surface area contributed by atoms with Gasteiger partial charge in [0, 0.05) is 30.4 Å². The highest BCUT2D eigenvalue weighted by Gasteiger charge is 2.20. The third-order valence-corrected chi connectivity index (χ3v) is 3.20. The van der Waals surface area contributed by atoms with Gasteiger partial charge in [0.1, 0.15) is 0 Å². The van der Waals surface area contributed by atoms with Crippen molar-refractivity contribution in [2.75, 3.05) is 7.11 Å². The number of rotatable bonds is 4. The summed E-state index contributed by atoms with van der Waals surface area (Å²) in [6, 6.07) is 4.13. The van der Waals surface area contributed by atoms with Crippen LogP contribution in [0.25, 0.3) is 11.1 Å². The van der Waals surface area contributed by atoms with Crippen molar-refractivity contribution in [3.63, 3.8) is 0 Å². The summed E-state index contributed by atoms with van der Waals surface area (Å²) in [4.78, 5) is 22.3. The minimum absolute atomic E-state index is 0.0595. The molecule has 0 saturated heterocycles. The van der Waals surface area contributed by atoms with Gasteiger partial charge in [-0.3, -0.25) is 14.8 Å². The molecule has 0 spiro atoms. The van der Waals surface area contributed by atoms with Gasteiger partial charge in [0.2, 0.25) is 0 Å². The fraction of sp³-hybridized carbons (Fsp3) is 0.375. The highest BCUT2D eigenvalue weighted by atomic mass is 16.6. The van der Waals surface area contributed by atoms with Crippen LogP contribution >= 0.6 is 0 Å². The first-order chi connectivity index (χ1) is 10.7. The standard InChI is InChI=1S/C16H19N3O4/c1-16(2,3)10-18-9-11(8-17-18)13-6-5-12(19(21)22)7-14(13)15(20)23-4/h5-9H,10H2,1-4H3. The second-order valence-electron chi connectivity index (χ2n) is 6.47. The predicted molar refractivity (Wildman–Crippen MR) is 85.1 cm³/mol. The molecule has 0 bridgehead atoms. The van der Waals surface area contributed by atoms with Crippen LogP contribution in [-0.2, 0) is 11.3 Å². The maximum atomic E-state index is 11.9. The fourth-order valence-electron chi connectivity index (χ4n) is 2.25. The molecule has 1 aromatic carbocycles. The molecule has 0 aliphatic heterocycles. The zero-order valence-corrected chi connectivity index (χ0v) is 13.6. The van der Waals surface area contributed by atoms with Crippen LogP contribution in [-0.4, -0.2) is 27.8 Å². The number of hydrogen-bond acceptors (Lipinski definition) is 5. The van der Waals surface area contributed by atoms with Crippen molar-refractivity contribution >= 4 is 11.7 Å². The summed E-state index contributed by atoms with van der Waals surface area (Å²) in [5, 5.41) is 15.2. The lowest BCUT2D eigenvalue weighted by Crippen LogP contribution is -2.15. The lowest BCUT2D eigenvalue weighted by atomic mass is 9.97. The monoisotopic (exact) mass is 317 g/mol. The number of ether oxygens (including phenoxy) is 1. The lowest BCUT2D eigenvalue weighted by Gasteiger charge is -2.17. The molecule has 0 atom stereocenters. The molecule has 1 heterocycles. The molecule has 0 N–H and O–H groups in total. The van der Waals surface area contributed by atoms with Gasteiger partial charge in [-0.05, 0) is 17.0 Å². The van der Waals surface area contributed by atoms with E-state index in [1.807, 2.05) is 6.20 Å². The zero-order chi connectivity index (χ0) is 17.2. The van der Waals surface area contributed by atoms with Gasteiger partial charge >= 0.3 is 5.97 Å². The largest absolute Gasteiger partial charge is 0.465 e. The van der Waals surface area contributed by atoms with Crippen LogP contribution in [0.2, 0.25) is 0 Å². The molecule has 2 rings (SSSR count). The SMILES string of the molecule is COC(=O)c1cc([N+](=O)[O-])ccc1-c1cnn(CC(C)(C)C)c1. The van der Waals surface area contributed by atoms with Crippen molar-refractivity contribution in [3.8, 4) is 11.1 Å². The molecular formula is C16H19N3O4. The zero-order valence-electron chi connectivity index (χ0n) is 13.6. The Labute approximate surface area is 134 Å². The van der Waals surface area contributed by atoms with Gasteiger partial charge in [-0.2, -0.15) is 5.10 Å². The van der Waals surface area contributed by atoms with Crippen LogP contribution in [0, 0.1) is 15.5 Å². The Morgan fingerprint density at radius 2 is 2.09 bits per heavy atom. The normalized spacial score (nSPS) is 11.3. The molecule has 0 amide bonds. The number of non-ortho nitro benzene ring substituents is 1. The lowest BCUT2D eigenvalue weighted by molar-refractivity contribution is -0.384. The van der Waals surface area contributed by atoms with Crippen molar-refractivity contribution in [2.45, 2.75) is 27.3 Å². The summed E-state index contributed by atoms with van der Waals surface area (Å²) in [6.07, 6.45) is 3.46. The van der Waals surface area contributed by atoms with E-state index in [2.05, 4.69) is 25.9 Å². The van der Waals surface area contributed by atoms with E-state index >= 15 is 0 Å². The maximum Gasteiger partial charge on any atom is 0.338 e. The van der Waals surface area contributed by atoms with Crippen LogP contribution in [0.5, 0.6) is 0 Å². The van der Waals surface area contributed by atoms with Crippen molar-refractivity contribution in [1.29, 1.82) is 0 Å². The topological polar surface area (TPSA) is 87.3 Å². The summed E-state index contributed by atoms with van der Waals surface area (Å²) in [7, 11) is 1.24. The Morgan fingerprint density at radius 3 is 2.65 bits per heavy atom. The third kappa shape index (κ3) is 3.94. The molecule has 2 aromatic rings. The molecule has 0 aliphatic rings. The number of nitro groups is 1.